The summed E-state index contributed by atoms with van der Waals surface area (Å²) < 4.78 is 26.9. The van der Waals surface area contributed by atoms with Crippen molar-refractivity contribution in [2.45, 2.75) is 31.6 Å². The first-order valence-electron chi connectivity index (χ1n) is 7.16. The first-order chi connectivity index (χ1) is 9.97. The van der Waals surface area contributed by atoms with Crippen LogP contribution in [0.2, 0.25) is 0 Å². The van der Waals surface area contributed by atoms with Crippen LogP contribution in [0.5, 0.6) is 0 Å². The number of hydrogen-bond acceptors (Lipinski definition) is 4. The van der Waals surface area contributed by atoms with E-state index in [4.69, 9.17) is 11.0 Å². The maximum atomic E-state index is 12.7. The maximum absolute atomic E-state index is 12.7. The van der Waals surface area contributed by atoms with E-state index in [9.17, 15) is 8.42 Å². The summed E-state index contributed by atoms with van der Waals surface area (Å²) in [4.78, 5) is 0. The fraction of sp³-hybridized carbons (Fsp3) is 0.533. The lowest BCUT2D eigenvalue weighted by molar-refractivity contribution is 0.192. The van der Waals surface area contributed by atoms with E-state index in [2.05, 4.69) is 6.92 Å². The van der Waals surface area contributed by atoms with Gasteiger partial charge in [0.2, 0.25) is 10.0 Å². The Morgan fingerprint density at radius 1 is 1.48 bits per heavy atom. The molecule has 0 amide bonds. The van der Waals surface area contributed by atoms with Gasteiger partial charge in [-0.05, 0) is 36.5 Å². The van der Waals surface area contributed by atoms with E-state index in [-0.39, 0.29) is 17.7 Å². The summed E-state index contributed by atoms with van der Waals surface area (Å²) in [5.41, 5.74) is 6.89. The topological polar surface area (TPSA) is 87.2 Å². The summed E-state index contributed by atoms with van der Waals surface area (Å²) in [5.74, 6) is 0.204. The number of nitrogens with two attached hydrogens (primary N) is 1. The molecule has 114 valence electrons. The van der Waals surface area contributed by atoms with Gasteiger partial charge in [0.05, 0.1) is 17.4 Å². The van der Waals surface area contributed by atoms with Gasteiger partial charge in [-0.3, -0.25) is 0 Å². The van der Waals surface area contributed by atoms with Crippen molar-refractivity contribution in [1.29, 1.82) is 5.26 Å². The van der Waals surface area contributed by atoms with Crippen LogP contribution in [-0.2, 0) is 15.8 Å². The zero-order valence-electron chi connectivity index (χ0n) is 12.2. The van der Waals surface area contributed by atoms with Gasteiger partial charge in [0.25, 0.3) is 0 Å². The van der Waals surface area contributed by atoms with E-state index >= 15 is 0 Å². The predicted octanol–water partition coefficient (Wildman–Crippen LogP) is 1.45. The van der Waals surface area contributed by atoms with Crippen LogP contribution in [0.25, 0.3) is 0 Å². The van der Waals surface area contributed by atoms with Crippen molar-refractivity contribution in [2.75, 3.05) is 13.1 Å². The fourth-order valence-electron chi connectivity index (χ4n) is 2.93. The molecule has 1 aliphatic rings. The standard InChI is InChI=1S/C15H21N3O2S/c1-12-4-3-7-18(15(12)10-17)21(19,20)11-14-6-2-5-13(8-14)9-16/h2,5-6,8,12,15H,3-4,7,10-11,17H2,1H3. The van der Waals surface area contributed by atoms with E-state index in [1.807, 2.05) is 6.07 Å². The zero-order chi connectivity index (χ0) is 15.5. The SMILES string of the molecule is CC1CCCN(S(=O)(=O)Cc2cccc(C#N)c2)C1CN. The van der Waals surface area contributed by atoms with Crippen molar-refractivity contribution in [1.82, 2.24) is 4.31 Å². The van der Waals surface area contributed by atoms with Crippen molar-refractivity contribution in [3.8, 4) is 6.07 Å². The molecule has 6 heteroatoms. The van der Waals surface area contributed by atoms with E-state index in [0.29, 0.717) is 24.2 Å². The second-order valence-corrected chi connectivity index (χ2v) is 7.52. The summed E-state index contributed by atoms with van der Waals surface area (Å²) in [6.07, 6.45) is 1.88. The Morgan fingerprint density at radius 2 is 2.24 bits per heavy atom. The van der Waals surface area contributed by atoms with Gasteiger partial charge in [0.15, 0.2) is 0 Å². The molecule has 2 rings (SSSR count). The third-order valence-corrected chi connectivity index (χ3v) is 5.93. The van der Waals surface area contributed by atoms with Crippen LogP contribution in [0.3, 0.4) is 0 Å². The number of hydrogen-bond donors (Lipinski definition) is 1. The second-order valence-electron chi connectivity index (χ2n) is 5.60. The number of nitrogens with zero attached hydrogens (tertiary/aromatic N) is 2. The monoisotopic (exact) mass is 307 g/mol. The Kier molecular flexibility index (Phi) is 4.99. The van der Waals surface area contributed by atoms with Crippen LogP contribution < -0.4 is 5.73 Å². The van der Waals surface area contributed by atoms with Gasteiger partial charge in [-0.1, -0.05) is 19.1 Å². The minimum absolute atomic E-state index is 0.0776. The van der Waals surface area contributed by atoms with E-state index < -0.39 is 10.0 Å². The third-order valence-electron chi connectivity index (χ3n) is 4.07. The molecule has 2 atom stereocenters. The Hall–Kier alpha value is -1.42. The molecule has 5 nitrogen and oxygen atoms in total. The average Bonchev–Trinajstić information content (AvgIpc) is 2.46. The van der Waals surface area contributed by atoms with E-state index in [1.165, 1.54) is 0 Å². The molecule has 0 bridgehead atoms. The number of benzene rings is 1. The van der Waals surface area contributed by atoms with Gasteiger partial charge < -0.3 is 5.73 Å². The molecule has 1 aromatic carbocycles. The lowest BCUT2D eigenvalue weighted by atomic mass is 9.93. The third kappa shape index (κ3) is 3.62. The molecule has 0 saturated carbocycles. The highest BCUT2D eigenvalue weighted by molar-refractivity contribution is 7.88. The summed E-state index contributed by atoms with van der Waals surface area (Å²) in [6, 6.07) is 8.65. The Bertz CT molecular complexity index is 637. The molecule has 21 heavy (non-hydrogen) atoms. The molecular formula is C15H21N3O2S. The molecule has 1 aromatic rings. The van der Waals surface area contributed by atoms with Crippen molar-refractivity contribution in [3.63, 3.8) is 0 Å². The molecule has 2 N–H and O–H groups in total. The van der Waals surface area contributed by atoms with Crippen LogP contribution in [-0.4, -0.2) is 31.9 Å². The highest BCUT2D eigenvalue weighted by atomic mass is 32.2. The smallest absolute Gasteiger partial charge is 0.218 e. The lowest BCUT2D eigenvalue weighted by Crippen LogP contribution is -2.51. The minimum atomic E-state index is -3.41. The number of rotatable bonds is 4. The molecule has 1 saturated heterocycles. The van der Waals surface area contributed by atoms with Crippen molar-refractivity contribution >= 4 is 10.0 Å². The van der Waals surface area contributed by atoms with Crippen LogP contribution in [0, 0.1) is 17.2 Å². The Labute approximate surface area is 126 Å². The van der Waals surface area contributed by atoms with Crippen molar-refractivity contribution in [2.24, 2.45) is 11.7 Å². The van der Waals surface area contributed by atoms with Crippen molar-refractivity contribution < 1.29 is 8.42 Å². The van der Waals surface area contributed by atoms with Gasteiger partial charge in [0, 0.05) is 19.1 Å². The fourth-order valence-corrected chi connectivity index (χ4v) is 4.81. The summed E-state index contributed by atoms with van der Waals surface area (Å²) in [5, 5.41) is 8.90. The maximum Gasteiger partial charge on any atom is 0.218 e. The van der Waals surface area contributed by atoms with Crippen LogP contribution >= 0.6 is 0 Å². The molecule has 1 fully saturated rings. The Balaban J connectivity index is 2.22. The van der Waals surface area contributed by atoms with Crippen LogP contribution in [0.1, 0.15) is 30.9 Å². The lowest BCUT2D eigenvalue weighted by Gasteiger charge is -2.38. The summed E-state index contributed by atoms with van der Waals surface area (Å²) in [7, 11) is -3.41. The Morgan fingerprint density at radius 3 is 2.90 bits per heavy atom. The molecule has 0 aliphatic carbocycles. The van der Waals surface area contributed by atoms with Gasteiger partial charge in [0.1, 0.15) is 0 Å². The van der Waals surface area contributed by atoms with Gasteiger partial charge in [-0.2, -0.15) is 9.57 Å². The van der Waals surface area contributed by atoms with Gasteiger partial charge in [-0.25, -0.2) is 8.42 Å². The van der Waals surface area contributed by atoms with Crippen molar-refractivity contribution in [3.05, 3.63) is 35.4 Å². The number of piperidine rings is 1. The van der Waals surface area contributed by atoms with Gasteiger partial charge >= 0.3 is 0 Å². The van der Waals surface area contributed by atoms with E-state index in [1.54, 1.807) is 28.6 Å². The highest BCUT2D eigenvalue weighted by Crippen LogP contribution is 2.26. The van der Waals surface area contributed by atoms with Crippen LogP contribution in [0.15, 0.2) is 24.3 Å². The molecule has 1 aliphatic heterocycles. The predicted molar refractivity (Wildman–Crippen MR) is 81.7 cm³/mol. The average molecular weight is 307 g/mol. The molecule has 0 radical (unpaired) electrons. The first-order valence-corrected chi connectivity index (χ1v) is 8.77. The van der Waals surface area contributed by atoms with E-state index in [0.717, 1.165) is 12.8 Å². The van der Waals surface area contributed by atoms with Crippen LogP contribution in [0.4, 0.5) is 0 Å². The molecular weight excluding hydrogens is 286 g/mol. The first kappa shape index (κ1) is 16.0. The molecule has 2 unspecified atom stereocenters. The molecule has 1 heterocycles. The quantitative estimate of drug-likeness (QED) is 0.912. The zero-order valence-corrected chi connectivity index (χ0v) is 13.0. The normalized spacial score (nSPS) is 23.7. The second kappa shape index (κ2) is 6.56. The summed E-state index contributed by atoms with van der Waals surface area (Å²) >= 11 is 0. The molecule has 0 aromatic heterocycles. The minimum Gasteiger partial charge on any atom is -0.329 e. The molecule has 0 spiro atoms. The summed E-state index contributed by atoms with van der Waals surface area (Å²) in [6.45, 7) is 2.93. The van der Waals surface area contributed by atoms with Gasteiger partial charge in [-0.15, -0.1) is 0 Å². The largest absolute Gasteiger partial charge is 0.329 e. The number of sulfonamides is 1. The highest BCUT2D eigenvalue weighted by Gasteiger charge is 2.35. The number of nitriles is 1.